The molecule has 3 rings (SSSR count). The molecule has 0 bridgehead atoms. The smallest absolute Gasteiger partial charge is 0.354 e. The number of aromatic nitrogens is 1. The van der Waals surface area contributed by atoms with E-state index in [9.17, 15) is 9.59 Å². The lowest BCUT2D eigenvalue weighted by Crippen LogP contribution is -2.48. The van der Waals surface area contributed by atoms with Crippen LogP contribution in [0.4, 0.5) is 0 Å². The molecule has 1 fully saturated rings. The standard InChI is InChI=1S/C20H22N2O4/c1-12-7-8-13(2)15(9-12)18-10-22(14(3)11-26-18)19(23)16-5-4-6-17(21-16)20(24)25/h4-9,14,18H,10-11H2,1-3H3,(H,24,25). The molecule has 1 N–H and O–H groups in total. The monoisotopic (exact) mass is 354 g/mol. The van der Waals surface area contributed by atoms with Crippen molar-refractivity contribution >= 4 is 11.9 Å². The minimum Gasteiger partial charge on any atom is -0.477 e. The van der Waals surface area contributed by atoms with Crippen molar-refractivity contribution in [2.24, 2.45) is 0 Å². The van der Waals surface area contributed by atoms with E-state index in [1.807, 2.05) is 20.8 Å². The van der Waals surface area contributed by atoms with E-state index in [2.05, 4.69) is 23.2 Å². The lowest BCUT2D eigenvalue weighted by atomic mass is 9.98. The summed E-state index contributed by atoms with van der Waals surface area (Å²) in [4.78, 5) is 29.7. The highest BCUT2D eigenvalue weighted by Crippen LogP contribution is 2.28. The lowest BCUT2D eigenvalue weighted by Gasteiger charge is -2.38. The van der Waals surface area contributed by atoms with Crippen molar-refractivity contribution in [1.29, 1.82) is 0 Å². The molecule has 0 aliphatic carbocycles. The summed E-state index contributed by atoms with van der Waals surface area (Å²) in [6, 6.07) is 10.5. The quantitative estimate of drug-likeness (QED) is 0.916. The number of morpholine rings is 1. The molecule has 1 amide bonds. The maximum Gasteiger partial charge on any atom is 0.354 e. The van der Waals surface area contributed by atoms with Crippen molar-refractivity contribution in [3.63, 3.8) is 0 Å². The molecule has 2 aromatic rings. The van der Waals surface area contributed by atoms with Gasteiger partial charge in [-0.05, 0) is 44.0 Å². The van der Waals surface area contributed by atoms with Crippen LogP contribution in [0.2, 0.25) is 0 Å². The van der Waals surface area contributed by atoms with Crippen molar-refractivity contribution < 1.29 is 19.4 Å². The van der Waals surface area contributed by atoms with Gasteiger partial charge in [0.05, 0.1) is 19.2 Å². The van der Waals surface area contributed by atoms with Gasteiger partial charge in [-0.1, -0.05) is 29.8 Å². The number of aryl methyl sites for hydroxylation is 2. The number of rotatable bonds is 3. The van der Waals surface area contributed by atoms with Crippen molar-refractivity contribution in [2.75, 3.05) is 13.2 Å². The first-order valence-corrected chi connectivity index (χ1v) is 8.57. The van der Waals surface area contributed by atoms with Crippen LogP contribution in [0.5, 0.6) is 0 Å². The van der Waals surface area contributed by atoms with Crippen LogP contribution in [-0.2, 0) is 4.74 Å². The second-order valence-corrected chi connectivity index (χ2v) is 6.70. The summed E-state index contributed by atoms with van der Waals surface area (Å²) < 4.78 is 5.98. The Bertz CT molecular complexity index is 849. The average molecular weight is 354 g/mol. The number of carbonyl (C=O) groups is 2. The number of carbonyl (C=O) groups excluding carboxylic acids is 1. The van der Waals surface area contributed by atoms with Gasteiger partial charge in [0.2, 0.25) is 0 Å². The molecule has 1 aliphatic heterocycles. The topological polar surface area (TPSA) is 79.7 Å². The van der Waals surface area contributed by atoms with E-state index in [-0.39, 0.29) is 29.4 Å². The Kier molecular flexibility index (Phi) is 5.04. The third kappa shape index (κ3) is 3.60. The number of nitrogens with zero attached hydrogens (tertiary/aromatic N) is 2. The molecule has 1 aromatic heterocycles. The highest BCUT2D eigenvalue weighted by molar-refractivity contribution is 5.94. The SMILES string of the molecule is Cc1ccc(C)c(C2CN(C(=O)c3cccc(C(=O)O)n3)C(C)CO2)c1. The summed E-state index contributed by atoms with van der Waals surface area (Å²) in [6.45, 7) is 6.79. The number of aromatic carboxylic acids is 1. The summed E-state index contributed by atoms with van der Waals surface area (Å²) in [5.41, 5.74) is 3.33. The van der Waals surface area contributed by atoms with Crippen LogP contribution >= 0.6 is 0 Å². The molecule has 26 heavy (non-hydrogen) atoms. The van der Waals surface area contributed by atoms with Crippen molar-refractivity contribution in [3.05, 3.63) is 64.5 Å². The van der Waals surface area contributed by atoms with Crippen LogP contribution in [0, 0.1) is 13.8 Å². The third-order valence-corrected chi connectivity index (χ3v) is 4.66. The Hall–Kier alpha value is -2.73. The molecule has 1 aliphatic rings. The molecule has 6 heteroatoms. The van der Waals surface area contributed by atoms with Crippen LogP contribution in [0.3, 0.4) is 0 Å². The predicted octanol–water partition coefficient (Wildman–Crippen LogP) is 3.00. The van der Waals surface area contributed by atoms with Gasteiger partial charge in [0, 0.05) is 0 Å². The summed E-state index contributed by atoms with van der Waals surface area (Å²) in [5.74, 6) is -1.43. The van der Waals surface area contributed by atoms with Gasteiger partial charge in [0.25, 0.3) is 5.91 Å². The molecule has 2 unspecified atom stereocenters. The zero-order valence-electron chi connectivity index (χ0n) is 15.1. The molecule has 2 atom stereocenters. The summed E-state index contributed by atoms with van der Waals surface area (Å²) >= 11 is 0. The van der Waals surface area contributed by atoms with Crippen LogP contribution in [0.25, 0.3) is 0 Å². The normalized spacial score (nSPS) is 20.0. The molecule has 0 radical (unpaired) electrons. The van der Waals surface area contributed by atoms with Crippen LogP contribution in [0.1, 0.15) is 50.7 Å². The Morgan fingerprint density at radius 2 is 1.92 bits per heavy atom. The molecule has 0 saturated carbocycles. The Labute approximate surface area is 152 Å². The molecule has 136 valence electrons. The van der Waals surface area contributed by atoms with E-state index >= 15 is 0 Å². The molecule has 1 saturated heterocycles. The molecule has 2 heterocycles. The van der Waals surface area contributed by atoms with E-state index < -0.39 is 5.97 Å². The number of hydrogen-bond acceptors (Lipinski definition) is 4. The van der Waals surface area contributed by atoms with Crippen LogP contribution < -0.4 is 0 Å². The first-order valence-electron chi connectivity index (χ1n) is 8.57. The first-order chi connectivity index (χ1) is 12.4. The van der Waals surface area contributed by atoms with E-state index in [4.69, 9.17) is 9.84 Å². The minimum atomic E-state index is -1.15. The third-order valence-electron chi connectivity index (χ3n) is 4.66. The highest BCUT2D eigenvalue weighted by Gasteiger charge is 2.32. The number of hydrogen-bond donors (Lipinski definition) is 1. The zero-order valence-corrected chi connectivity index (χ0v) is 15.1. The number of carboxylic acid groups (broad SMARTS) is 1. The molecular formula is C20H22N2O4. The summed E-state index contributed by atoms with van der Waals surface area (Å²) in [6.07, 6.45) is -0.210. The summed E-state index contributed by atoms with van der Waals surface area (Å²) in [5, 5.41) is 9.09. The number of pyridine rings is 1. The van der Waals surface area contributed by atoms with Gasteiger partial charge < -0.3 is 14.7 Å². The fourth-order valence-electron chi connectivity index (χ4n) is 3.15. The molecule has 6 nitrogen and oxygen atoms in total. The summed E-state index contributed by atoms with van der Waals surface area (Å²) in [7, 11) is 0. The van der Waals surface area contributed by atoms with E-state index in [1.54, 1.807) is 11.0 Å². The zero-order chi connectivity index (χ0) is 18.8. The fourth-order valence-corrected chi connectivity index (χ4v) is 3.15. The first kappa shape index (κ1) is 18.1. The average Bonchev–Trinajstić information content (AvgIpc) is 2.64. The van der Waals surface area contributed by atoms with E-state index in [0.29, 0.717) is 13.2 Å². The maximum atomic E-state index is 12.9. The second kappa shape index (κ2) is 7.25. The molecule has 1 aromatic carbocycles. The van der Waals surface area contributed by atoms with Gasteiger partial charge in [0.15, 0.2) is 0 Å². The van der Waals surface area contributed by atoms with E-state index in [1.165, 1.54) is 12.1 Å². The van der Waals surface area contributed by atoms with Gasteiger partial charge in [-0.15, -0.1) is 0 Å². The van der Waals surface area contributed by atoms with Gasteiger partial charge in [0.1, 0.15) is 17.5 Å². The fraction of sp³-hybridized carbons (Fsp3) is 0.350. The van der Waals surface area contributed by atoms with Crippen molar-refractivity contribution in [2.45, 2.75) is 32.9 Å². The van der Waals surface area contributed by atoms with Gasteiger partial charge in [-0.2, -0.15) is 0 Å². The predicted molar refractivity (Wildman–Crippen MR) is 96.3 cm³/mol. The maximum absolute atomic E-state index is 12.9. The van der Waals surface area contributed by atoms with Crippen molar-refractivity contribution in [3.8, 4) is 0 Å². The Balaban J connectivity index is 1.86. The Morgan fingerprint density at radius 1 is 1.19 bits per heavy atom. The molecular weight excluding hydrogens is 332 g/mol. The van der Waals surface area contributed by atoms with E-state index in [0.717, 1.165) is 16.7 Å². The van der Waals surface area contributed by atoms with Crippen molar-refractivity contribution in [1.82, 2.24) is 9.88 Å². The van der Waals surface area contributed by atoms with Gasteiger partial charge >= 0.3 is 5.97 Å². The number of carboxylic acids is 1. The van der Waals surface area contributed by atoms with Gasteiger partial charge in [-0.25, -0.2) is 9.78 Å². The largest absolute Gasteiger partial charge is 0.477 e. The van der Waals surface area contributed by atoms with Crippen LogP contribution in [0.15, 0.2) is 36.4 Å². The number of ether oxygens (including phenoxy) is 1. The number of amides is 1. The highest BCUT2D eigenvalue weighted by atomic mass is 16.5. The van der Waals surface area contributed by atoms with Gasteiger partial charge in [-0.3, -0.25) is 4.79 Å². The van der Waals surface area contributed by atoms with Crippen LogP contribution in [-0.4, -0.2) is 46.1 Å². The second-order valence-electron chi connectivity index (χ2n) is 6.70. The Morgan fingerprint density at radius 3 is 2.65 bits per heavy atom. The minimum absolute atomic E-state index is 0.112. The molecule has 0 spiro atoms. The lowest BCUT2D eigenvalue weighted by molar-refractivity contribution is -0.0491. The number of benzene rings is 1.